The van der Waals surface area contributed by atoms with Gasteiger partial charge in [-0.2, -0.15) is 0 Å². The van der Waals surface area contributed by atoms with Gasteiger partial charge in [-0.25, -0.2) is 0 Å². The van der Waals surface area contributed by atoms with Gasteiger partial charge in [0, 0.05) is 19.3 Å². The Morgan fingerprint density at radius 2 is 0.481 bits per heavy atom. The highest BCUT2D eigenvalue weighted by Crippen LogP contribution is 2.19. The number of allylic oxidation sites excluding steroid dienone is 10. The lowest BCUT2D eigenvalue weighted by atomic mass is 10.0. The molecule has 0 aliphatic carbocycles. The second-order valence-corrected chi connectivity index (χ2v) is 24.1. The molecule has 1 atom stereocenters. The Balaban J connectivity index is 4.00. The van der Waals surface area contributed by atoms with E-state index in [-0.39, 0.29) is 31.1 Å². The molecule has 0 aromatic heterocycles. The van der Waals surface area contributed by atoms with Gasteiger partial charge in [0.2, 0.25) is 0 Å². The van der Waals surface area contributed by atoms with Crippen molar-refractivity contribution in [1.82, 2.24) is 0 Å². The van der Waals surface area contributed by atoms with E-state index >= 15 is 0 Å². The third-order valence-electron chi connectivity index (χ3n) is 16.0. The minimum absolute atomic E-state index is 0.0673. The summed E-state index contributed by atoms with van der Waals surface area (Å²) in [6.45, 7) is 6.55. The number of hydrogen-bond acceptors (Lipinski definition) is 6. The normalized spacial score (nSPS) is 12.4. The number of ether oxygens (including phenoxy) is 3. The Hall–Kier alpha value is -2.89. The fourth-order valence-electron chi connectivity index (χ4n) is 10.7. The Labute approximate surface area is 504 Å². The van der Waals surface area contributed by atoms with Crippen molar-refractivity contribution in [3.8, 4) is 0 Å². The zero-order valence-corrected chi connectivity index (χ0v) is 54.3. The van der Waals surface area contributed by atoms with Crippen molar-refractivity contribution < 1.29 is 28.6 Å². The quantitative estimate of drug-likeness (QED) is 0.0261. The summed E-state index contributed by atoms with van der Waals surface area (Å²) in [5.74, 6) is -0.848. The first-order chi connectivity index (χ1) is 40.0. The number of hydrogen-bond donors (Lipinski definition) is 0. The van der Waals surface area contributed by atoms with Crippen LogP contribution >= 0.6 is 0 Å². The van der Waals surface area contributed by atoms with Crippen LogP contribution in [0.1, 0.15) is 380 Å². The van der Waals surface area contributed by atoms with E-state index in [1.165, 1.54) is 250 Å². The molecule has 0 heterocycles. The Morgan fingerprint density at radius 3 is 0.753 bits per heavy atom. The van der Waals surface area contributed by atoms with Crippen LogP contribution in [0.2, 0.25) is 0 Å². The lowest BCUT2D eigenvalue weighted by molar-refractivity contribution is -0.167. The first kappa shape index (κ1) is 78.1. The maximum atomic E-state index is 12.9. The molecule has 0 N–H and O–H groups in total. The van der Waals surface area contributed by atoms with Crippen molar-refractivity contribution in [3.05, 3.63) is 60.8 Å². The molecule has 0 saturated heterocycles. The van der Waals surface area contributed by atoms with Crippen LogP contribution in [0, 0.1) is 0 Å². The number of esters is 3. The van der Waals surface area contributed by atoms with Crippen LogP contribution in [0.25, 0.3) is 0 Å². The maximum absolute atomic E-state index is 12.9. The highest BCUT2D eigenvalue weighted by Gasteiger charge is 2.19. The van der Waals surface area contributed by atoms with E-state index in [4.69, 9.17) is 14.2 Å². The maximum Gasteiger partial charge on any atom is 0.306 e. The zero-order chi connectivity index (χ0) is 58.5. The van der Waals surface area contributed by atoms with Crippen molar-refractivity contribution in [1.29, 1.82) is 0 Å². The van der Waals surface area contributed by atoms with Crippen molar-refractivity contribution >= 4 is 17.9 Å². The minimum Gasteiger partial charge on any atom is -0.462 e. The van der Waals surface area contributed by atoms with Gasteiger partial charge in [0.25, 0.3) is 0 Å². The number of carbonyl (C=O) groups excluding carboxylic acids is 3. The predicted molar refractivity (Wildman–Crippen MR) is 353 cm³/mol. The minimum atomic E-state index is -0.768. The van der Waals surface area contributed by atoms with Crippen LogP contribution in [0.5, 0.6) is 0 Å². The molecule has 0 rings (SSSR count). The molecule has 0 amide bonds. The molecule has 81 heavy (non-hydrogen) atoms. The van der Waals surface area contributed by atoms with E-state index in [0.717, 1.165) is 89.9 Å². The second kappa shape index (κ2) is 69.6. The third kappa shape index (κ3) is 67.8. The molecule has 0 aliphatic rings. The van der Waals surface area contributed by atoms with Gasteiger partial charge in [-0.3, -0.25) is 14.4 Å². The van der Waals surface area contributed by atoms with E-state index < -0.39 is 6.10 Å². The Morgan fingerprint density at radius 1 is 0.259 bits per heavy atom. The molecule has 6 heteroatoms. The first-order valence-electron chi connectivity index (χ1n) is 35.8. The van der Waals surface area contributed by atoms with Gasteiger partial charge < -0.3 is 14.2 Å². The first-order valence-corrected chi connectivity index (χ1v) is 35.8. The highest BCUT2D eigenvalue weighted by molar-refractivity contribution is 5.71. The molecule has 0 bridgehead atoms. The number of unbranched alkanes of at least 4 members (excludes halogenated alkanes) is 45. The Bertz CT molecular complexity index is 1440. The van der Waals surface area contributed by atoms with E-state index in [1.807, 2.05) is 0 Å². The van der Waals surface area contributed by atoms with Crippen molar-refractivity contribution in [2.45, 2.75) is 386 Å². The van der Waals surface area contributed by atoms with Gasteiger partial charge in [0.1, 0.15) is 13.2 Å². The summed E-state index contributed by atoms with van der Waals surface area (Å²) in [6, 6.07) is 0. The molecule has 0 aromatic rings. The summed E-state index contributed by atoms with van der Waals surface area (Å²) in [4.78, 5) is 38.2. The Kier molecular flexibility index (Phi) is 67.1. The summed E-state index contributed by atoms with van der Waals surface area (Å²) in [5, 5.41) is 0. The summed E-state index contributed by atoms with van der Waals surface area (Å²) in [6.07, 6.45) is 90.0. The number of rotatable bonds is 66. The smallest absolute Gasteiger partial charge is 0.306 e. The largest absolute Gasteiger partial charge is 0.462 e. The highest BCUT2D eigenvalue weighted by atomic mass is 16.6. The lowest BCUT2D eigenvalue weighted by Crippen LogP contribution is -2.30. The van der Waals surface area contributed by atoms with Gasteiger partial charge in [0.05, 0.1) is 0 Å². The van der Waals surface area contributed by atoms with Crippen LogP contribution in [-0.2, 0) is 28.6 Å². The zero-order valence-electron chi connectivity index (χ0n) is 54.3. The molecule has 472 valence electrons. The molecule has 0 fully saturated rings. The summed E-state index contributed by atoms with van der Waals surface area (Å²) < 4.78 is 16.9. The average Bonchev–Trinajstić information content (AvgIpc) is 3.47. The van der Waals surface area contributed by atoms with Gasteiger partial charge in [-0.1, -0.05) is 358 Å². The molecule has 0 radical (unpaired) electrons. The SMILES string of the molecule is CC/C=C\C/C=C\C/C=C\C/C=C\C/C=C\CCCCCCCCCCCCCCCCCCCC(=O)OCC(COC(=O)CCCCCCCCC)OC(=O)CCCCCCCCCCCCCCCCCCCCCCCCC. The number of carbonyl (C=O) groups is 3. The molecule has 6 nitrogen and oxygen atoms in total. The van der Waals surface area contributed by atoms with Gasteiger partial charge >= 0.3 is 17.9 Å². The molecule has 0 spiro atoms. The second-order valence-electron chi connectivity index (χ2n) is 24.1. The van der Waals surface area contributed by atoms with Gasteiger partial charge in [0.15, 0.2) is 6.10 Å². The molecular formula is C75H136O6. The third-order valence-corrected chi connectivity index (χ3v) is 16.0. The monoisotopic (exact) mass is 1130 g/mol. The van der Waals surface area contributed by atoms with E-state index in [1.54, 1.807) is 0 Å². The molecule has 0 saturated carbocycles. The van der Waals surface area contributed by atoms with Crippen LogP contribution in [0.3, 0.4) is 0 Å². The predicted octanol–water partition coefficient (Wildman–Crippen LogP) is 24.7. The van der Waals surface area contributed by atoms with Crippen LogP contribution in [0.15, 0.2) is 60.8 Å². The van der Waals surface area contributed by atoms with Crippen LogP contribution in [0.4, 0.5) is 0 Å². The van der Waals surface area contributed by atoms with Gasteiger partial charge in [-0.15, -0.1) is 0 Å². The van der Waals surface area contributed by atoms with E-state index in [9.17, 15) is 14.4 Å². The molecule has 0 aliphatic heterocycles. The summed E-state index contributed by atoms with van der Waals surface area (Å²) in [7, 11) is 0. The topological polar surface area (TPSA) is 78.9 Å². The summed E-state index contributed by atoms with van der Waals surface area (Å²) >= 11 is 0. The lowest BCUT2D eigenvalue weighted by Gasteiger charge is -2.18. The standard InChI is InChI=1S/C75H136O6/c1-4-7-10-13-16-18-20-22-24-26-28-30-32-33-34-35-36-37-38-39-40-41-43-44-46-48-50-52-54-56-59-62-65-68-74(77)80-71-72(70-79-73(76)67-64-61-58-15-12-9-6-3)81-75(78)69-66-63-60-57-55-53-51-49-47-45-42-31-29-27-25-23-21-19-17-14-11-8-5-2/h7,10,16,18,22,24,28,30,33-34,72H,4-6,8-9,11-15,17,19-21,23,25-27,29,31-32,35-71H2,1-3H3/b10-7-,18-16-,24-22-,30-28-,34-33-. The average molecular weight is 1130 g/mol. The fourth-order valence-corrected chi connectivity index (χ4v) is 10.7. The van der Waals surface area contributed by atoms with Crippen molar-refractivity contribution in [2.75, 3.05) is 13.2 Å². The fraction of sp³-hybridized carbons (Fsp3) is 0.827. The summed E-state index contributed by atoms with van der Waals surface area (Å²) in [5.41, 5.74) is 0. The molecule has 1 unspecified atom stereocenters. The van der Waals surface area contributed by atoms with E-state index in [0.29, 0.717) is 19.3 Å². The van der Waals surface area contributed by atoms with Crippen LogP contribution in [-0.4, -0.2) is 37.2 Å². The molecule has 0 aromatic carbocycles. The van der Waals surface area contributed by atoms with E-state index in [2.05, 4.69) is 81.5 Å². The van der Waals surface area contributed by atoms with Gasteiger partial charge in [-0.05, 0) is 64.2 Å². The van der Waals surface area contributed by atoms with Crippen molar-refractivity contribution in [3.63, 3.8) is 0 Å². The molecular weight excluding hydrogens is 997 g/mol. The van der Waals surface area contributed by atoms with Crippen molar-refractivity contribution in [2.24, 2.45) is 0 Å². The van der Waals surface area contributed by atoms with Crippen LogP contribution < -0.4 is 0 Å².